The minimum Gasteiger partial charge on any atom is -0.480 e. The molecule has 1 rings (SSSR count). The number of aromatic nitrogens is 2. The van der Waals surface area contributed by atoms with Crippen LogP contribution in [0.15, 0.2) is 6.20 Å². The number of nitrogens with zero attached hydrogens (tertiary/aromatic N) is 3. The number of carboxylic acid groups (broad SMARTS) is 1. The predicted octanol–water partition coefficient (Wildman–Crippen LogP) is 1.08. The smallest absolute Gasteiger partial charge is 0.350 e. The maximum Gasteiger partial charge on any atom is 0.350 e. The molecule has 0 bridgehead atoms. The van der Waals surface area contributed by atoms with Crippen molar-refractivity contribution in [2.24, 2.45) is 0 Å². The highest BCUT2D eigenvalue weighted by molar-refractivity contribution is 5.71. The second kappa shape index (κ2) is 5.38. The molecule has 1 aromatic rings. The molecule has 0 radical (unpaired) electrons. The van der Waals surface area contributed by atoms with Crippen LogP contribution in [-0.2, 0) is 4.79 Å². The Bertz CT molecular complexity index is 462. The number of rotatable bonds is 6. The molecule has 0 spiro atoms. The van der Waals surface area contributed by atoms with Crippen molar-refractivity contribution in [3.63, 3.8) is 0 Å². The SMILES string of the molecule is CC(C(=O)O)n1cc([N+](=O)[O-])c(OCC(F)F)n1. The number of halogens is 2. The summed E-state index contributed by atoms with van der Waals surface area (Å²) in [5, 5.41) is 22.8. The van der Waals surface area contributed by atoms with Crippen molar-refractivity contribution >= 4 is 11.7 Å². The number of alkyl halides is 2. The van der Waals surface area contributed by atoms with Gasteiger partial charge in [0.2, 0.25) is 0 Å². The number of hydrogen-bond donors (Lipinski definition) is 1. The zero-order chi connectivity index (χ0) is 13.9. The molecule has 0 saturated carbocycles. The van der Waals surface area contributed by atoms with E-state index >= 15 is 0 Å². The number of hydrogen-bond acceptors (Lipinski definition) is 5. The Balaban J connectivity index is 3.01. The lowest BCUT2D eigenvalue weighted by Gasteiger charge is -2.04. The largest absolute Gasteiger partial charge is 0.480 e. The first kappa shape index (κ1) is 13.8. The fraction of sp³-hybridized carbons (Fsp3) is 0.500. The third kappa shape index (κ3) is 3.12. The number of carboxylic acids is 1. The zero-order valence-electron chi connectivity index (χ0n) is 9.12. The second-order valence-corrected chi connectivity index (χ2v) is 3.27. The summed E-state index contributed by atoms with van der Waals surface area (Å²) in [5.74, 6) is -1.90. The topological polar surface area (TPSA) is 107 Å². The molecule has 0 aliphatic carbocycles. The molecule has 0 aliphatic heterocycles. The average Bonchev–Trinajstić information content (AvgIpc) is 2.69. The van der Waals surface area contributed by atoms with Crippen molar-refractivity contribution in [1.82, 2.24) is 9.78 Å². The van der Waals surface area contributed by atoms with Gasteiger partial charge in [0.1, 0.15) is 12.2 Å². The van der Waals surface area contributed by atoms with E-state index in [9.17, 15) is 23.7 Å². The van der Waals surface area contributed by atoms with Crippen LogP contribution in [0.1, 0.15) is 13.0 Å². The number of aliphatic carboxylic acids is 1. The molecule has 1 N–H and O–H groups in total. The maximum atomic E-state index is 11.9. The summed E-state index contributed by atoms with van der Waals surface area (Å²) < 4.78 is 29.1. The fourth-order valence-corrected chi connectivity index (χ4v) is 1.05. The van der Waals surface area contributed by atoms with E-state index in [1.54, 1.807) is 0 Å². The van der Waals surface area contributed by atoms with Crippen LogP contribution in [0.25, 0.3) is 0 Å². The van der Waals surface area contributed by atoms with Gasteiger partial charge in [0.15, 0.2) is 6.61 Å². The Morgan fingerprint density at radius 2 is 2.33 bits per heavy atom. The quantitative estimate of drug-likeness (QED) is 0.609. The van der Waals surface area contributed by atoms with Crippen LogP contribution < -0.4 is 4.74 Å². The van der Waals surface area contributed by atoms with Gasteiger partial charge in [-0.3, -0.25) is 10.1 Å². The van der Waals surface area contributed by atoms with Crippen molar-refractivity contribution in [3.8, 4) is 5.88 Å². The highest BCUT2D eigenvalue weighted by atomic mass is 19.3. The Labute approximate surface area is 98.9 Å². The van der Waals surface area contributed by atoms with Crippen LogP contribution in [0.4, 0.5) is 14.5 Å². The van der Waals surface area contributed by atoms with Crippen LogP contribution in [-0.4, -0.2) is 38.8 Å². The third-order valence-electron chi connectivity index (χ3n) is 1.98. The van der Waals surface area contributed by atoms with Crippen molar-refractivity contribution in [2.75, 3.05) is 6.61 Å². The first-order chi connectivity index (χ1) is 8.32. The molecule has 1 heterocycles. The Kier molecular flexibility index (Phi) is 4.13. The first-order valence-electron chi connectivity index (χ1n) is 4.70. The second-order valence-electron chi connectivity index (χ2n) is 3.27. The van der Waals surface area contributed by atoms with E-state index in [2.05, 4.69) is 9.84 Å². The molecular weight excluding hydrogens is 256 g/mol. The molecule has 1 aromatic heterocycles. The minimum atomic E-state index is -2.81. The zero-order valence-corrected chi connectivity index (χ0v) is 9.12. The van der Waals surface area contributed by atoms with Gasteiger partial charge in [-0.1, -0.05) is 0 Å². The van der Waals surface area contributed by atoms with Gasteiger partial charge in [-0.05, 0) is 6.92 Å². The monoisotopic (exact) mass is 265 g/mol. The standard InChI is InChI=1S/C8H9F2N3O5/c1-4(8(14)15)12-2-5(13(16)17)7(11-12)18-3-6(9)10/h2,4,6H,3H2,1H3,(H,14,15). The number of ether oxygens (including phenoxy) is 1. The molecule has 100 valence electrons. The molecule has 8 nitrogen and oxygen atoms in total. The van der Waals surface area contributed by atoms with Gasteiger partial charge in [-0.25, -0.2) is 18.3 Å². The minimum absolute atomic E-state index is 0.631. The normalized spacial score (nSPS) is 12.4. The summed E-state index contributed by atoms with van der Waals surface area (Å²) >= 11 is 0. The van der Waals surface area contributed by atoms with E-state index in [1.807, 2.05) is 0 Å². The Morgan fingerprint density at radius 1 is 1.72 bits per heavy atom. The molecule has 0 aliphatic rings. The maximum absolute atomic E-state index is 11.9. The highest BCUT2D eigenvalue weighted by Crippen LogP contribution is 2.26. The van der Waals surface area contributed by atoms with E-state index in [0.29, 0.717) is 0 Å². The van der Waals surface area contributed by atoms with Crippen molar-refractivity contribution in [3.05, 3.63) is 16.3 Å². The molecule has 10 heteroatoms. The number of nitro groups is 1. The van der Waals surface area contributed by atoms with Crippen LogP contribution in [0.5, 0.6) is 5.88 Å². The first-order valence-corrected chi connectivity index (χ1v) is 4.70. The Morgan fingerprint density at radius 3 is 2.78 bits per heavy atom. The predicted molar refractivity (Wildman–Crippen MR) is 52.7 cm³/mol. The molecule has 0 amide bonds. The van der Waals surface area contributed by atoms with Crippen LogP contribution >= 0.6 is 0 Å². The fourth-order valence-electron chi connectivity index (χ4n) is 1.05. The summed E-state index contributed by atoms with van der Waals surface area (Å²) in [6.45, 7) is 0.176. The van der Waals surface area contributed by atoms with Crippen LogP contribution in [0.2, 0.25) is 0 Å². The highest BCUT2D eigenvalue weighted by Gasteiger charge is 2.26. The van der Waals surface area contributed by atoms with Crippen LogP contribution in [0, 0.1) is 10.1 Å². The molecule has 0 aromatic carbocycles. The third-order valence-corrected chi connectivity index (χ3v) is 1.98. The van der Waals surface area contributed by atoms with Crippen molar-refractivity contribution < 1.29 is 28.3 Å². The molecule has 1 unspecified atom stereocenters. The summed E-state index contributed by atoms with van der Waals surface area (Å²) in [4.78, 5) is 20.4. The van der Waals surface area contributed by atoms with Crippen molar-refractivity contribution in [1.29, 1.82) is 0 Å². The van der Waals surface area contributed by atoms with E-state index in [-0.39, 0.29) is 0 Å². The molecular formula is C8H9F2N3O5. The summed E-state index contributed by atoms with van der Waals surface area (Å²) in [6, 6.07) is -1.17. The van der Waals surface area contributed by atoms with E-state index < -0.39 is 41.5 Å². The molecule has 0 fully saturated rings. The lowest BCUT2D eigenvalue weighted by atomic mass is 10.3. The van der Waals surface area contributed by atoms with Crippen molar-refractivity contribution in [2.45, 2.75) is 19.4 Å². The van der Waals surface area contributed by atoms with E-state index in [4.69, 9.17) is 5.11 Å². The Hall–Kier alpha value is -2.26. The summed E-state index contributed by atoms with van der Waals surface area (Å²) in [7, 11) is 0. The van der Waals surface area contributed by atoms with Gasteiger partial charge in [0.05, 0.1) is 4.92 Å². The summed E-state index contributed by atoms with van der Waals surface area (Å²) in [6.07, 6.45) is -1.99. The van der Waals surface area contributed by atoms with Gasteiger partial charge in [-0.15, -0.1) is 5.10 Å². The lowest BCUT2D eigenvalue weighted by molar-refractivity contribution is -0.386. The van der Waals surface area contributed by atoms with Gasteiger partial charge < -0.3 is 9.84 Å². The van der Waals surface area contributed by atoms with Gasteiger partial charge in [0, 0.05) is 0 Å². The number of carbonyl (C=O) groups is 1. The van der Waals surface area contributed by atoms with Gasteiger partial charge >= 0.3 is 17.5 Å². The molecule has 0 saturated heterocycles. The van der Waals surface area contributed by atoms with Crippen LogP contribution in [0.3, 0.4) is 0 Å². The molecule has 18 heavy (non-hydrogen) atoms. The lowest BCUT2D eigenvalue weighted by Crippen LogP contribution is -2.16. The molecule has 1 atom stereocenters. The summed E-state index contributed by atoms with van der Waals surface area (Å²) in [5.41, 5.74) is -0.663. The van der Waals surface area contributed by atoms with E-state index in [0.717, 1.165) is 10.9 Å². The van der Waals surface area contributed by atoms with Gasteiger partial charge in [-0.2, -0.15) is 0 Å². The average molecular weight is 265 g/mol. The van der Waals surface area contributed by atoms with Gasteiger partial charge in [0.25, 0.3) is 6.43 Å². The van der Waals surface area contributed by atoms with E-state index in [1.165, 1.54) is 6.92 Å².